The first kappa shape index (κ1) is 12.2. The number of hydrogen-bond donors (Lipinski definition) is 1. The Morgan fingerprint density at radius 2 is 2.29 bits per heavy atom. The van der Waals surface area contributed by atoms with E-state index in [-0.39, 0.29) is 11.9 Å². The Bertz CT molecular complexity index is 526. The van der Waals surface area contributed by atoms with Crippen molar-refractivity contribution in [3.05, 3.63) is 40.4 Å². The molecule has 1 aromatic carbocycles. The van der Waals surface area contributed by atoms with E-state index in [1.807, 2.05) is 6.92 Å². The van der Waals surface area contributed by atoms with Crippen molar-refractivity contribution < 1.29 is 4.39 Å². The van der Waals surface area contributed by atoms with Crippen LogP contribution in [0.5, 0.6) is 0 Å². The summed E-state index contributed by atoms with van der Waals surface area (Å²) in [6.45, 7) is 1.98. The van der Waals surface area contributed by atoms with Gasteiger partial charge in [0.1, 0.15) is 5.82 Å². The van der Waals surface area contributed by atoms with Gasteiger partial charge < -0.3 is 5.73 Å². The van der Waals surface area contributed by atoms with Crippen molar-refractivity contribution in [3.8, 4) is 5.69 Å². The lowest BCUT2D eigenvalue weighted by Gasteiger charge is -2.03. The number of hydrogen-bond acceptors (Lipinski definition) is 3. The third-order valence-corrected chi connectivity index (χ3v) is 3.14. The molecule has 0 aliphatic rings. The molecular weight excluding hydrogens is 287 g/mol. The number of aromatic nitrogens is 3. The van der Waals surface area contributed by atoms with Crippen LogP contribution in [0.3, 0.4) is 0 Å². The van der Waals surface area contributed by atoms with Crippen molar-refractivity contribution in [2.75, 3.05) is 0 Å². The summed E-state index contributed by atoms with van der Waals surface area (Å²) in [5.74, 6) is -0.334. The minimum Gasteiger partial charge on any atom is -0.323 e. The molecule has 0 radical (unpaired) electrons. The Kier molecular flexibility index (Phi) is 3.54. The van der Waals surface area contributed by atoms with Crippen LogP contribution in [-0.4, -0.2) is 15.0 Å². The zero-order valence-electron chi connectivity index (χ0n) is 9.27. The van der Waals surface area contributed by atoms with E-state index in [0.29, 0.717) is 15.9 Å². The highest BCUT2D eigenvalue weighted by molar-refractivity contribution is 9.10. The summed E-state index contributed by atoms with van der Waals surface area (Å²) in [4.78, 5) is 0. The lowest BCUT2D eigenvalue weighted by molar-refractivity contribution is 0.618. The van der Waals surface area contributed by atoms with E-state index in [9.17, 15) is 4.39 Å². The third-order valence-electron chi connectivity index (χ3n) is 2.50. The number of halogens is 2. The molecule has 0 saturated carbocycles. The molecule has 0 spiro atoms. The summed E-state index contributed by atoms with van der Waals surface area (Å²) in [6, 6.07) is 4.64. The maximum absolute atomic E-state index is 13.4. The Balaban J connectivity index is 2.33. The average molecular weight is 299 g/mol. The molecule has 1 atom stereocenters. The third kappa shape index (κ3) is 2.53. The molecule has 1 aromatic heterocycles. The van der Waals surface area contributed by atoms with Gasteiger partial charge in [-0.2, -0.15) is 0 Å². The second-order valence-corrected chi connectivity index (χ2v) is 4.56. The van der Waals surface area contributed by atoms with Gasteiger partial charge in [-0.15, -0.1) is 5.10 Å². The molecule has 17 heavy (non-hydrogen) atoms. The summed E-state index contributed by atoms with van der Waals surface area (Å²) in [7, 11) is 0. The highest BCUT2D eigenvalue weighted by Crippen LogP contribution is 2.19. The topological polar surface area (TPSA) is 56.7 Å². The van der Waals surface area contributed by atoms with Gasteiger partial charge in [-0.1, -0.05) is 12.1 Å². The van der Waals surface area contributed by atoms with Gasteiger partial charge in [-0.05, 0) is 34.5 Å². The summed E-state index contributed by atoms with van der Waals surface area (Å²) in [5.41, 5.74) is 7.17. The number of benzene rings is 1. The van der Waals surface area contributed by atoms with Gasteiger partial charge >= 0.3 is 0 Å². The zero-order chi connectivity index (χ0) is 12.4. The van der Waals surface area contributed by atoms with Crippen LogP contribution in [0, 0.1) is 5.82 Å². The van der Waals surface area contributed by atoms with Gasteiger partial charge in [0.25, 0.3) is 0 Å². The normalized spacial score (nSPS) is 12.7. The quantitative estimate of drug-likeness (QED) is 0.947. The molecular formula is C11H12BrFN4. The molecule has 1 heterocycles. The highest BCUT2D eigenvalue weighted by atomic mass is 79.9. The molecule has 2 N–H and O–H groups in total. The lowest BCUT2D eigenvalue weighted by atomic mass is 10.2. The number of nitrogens with zero attached hydrogens (tertiary/aromatic N) is 3. The fraction of sp³-hybridized carbons (Fsp3) is 0.273. The van der Waals surface area contributed by atoms with E-state index in [1.165, 1.54) is 10.7 Å². The van der Waals surface area contributed by atoms with E-state index in [1.54, 1.807) is 18.3 Å². The van der Waals surface area contributed by atoms with E-state index >= 15 is 0 Å². The van der Waals surface area contributed by atoms with Crippen LogP contribution < -0.4 is 5.73 Å². The van der Waals surface area contributed by atoms with Crippen molar-refractivity contribution in [2.45, 2.75) is 19.4 Å². The maximum atomic E-state index is 13.4. The van der Waals surface area contributed by atoms with Gasteiger partial charge in [0, 0.05) is 6.07 Å². The molecule has 1 unspecified atom stereocenters. The van der Waals surface area contributed by atoms with Gasteiger partial charge in [0.2, 0.25) is 0 Å². The van der Waals surface area contributed by atoms with Gasteiger partial charge in [0.15, 0.2) is 0 Å². The fourth-order valence-corrected chi connectivity index (χ4v) is 1.66. The first-order valence-corrected chi connectivity index (χ1v) is 6.04. The van der Waals surface area contributed by atoms with E-state index in [2.05, 4.69) is 26.2 Å². The lowest BCUT2D eigenvalue weighted by Crippen LogP contribution is -2.08. The van der Waals surface area contributed by atoms with Crippen LogP contribution in [0.2, 0.25) is 0 Å². The summed E-state index contributed by atoms with van der Waals surface area (Å²) < 4.78 is 15.3. The zero-order valence-corrected chi connectivity index (χ0v) is 10.9. The molecule has 0 amide bonds. The van der Waals surface area contributed by atoms with Gasteiger partial charge in [0.05, 0.1) is 28.1 Å². The van der Waals surface area contributed by atoms with E-state index in [0.717, 1.165) is 6.42 Å². The maximum Gasteiger partial charge on any atom is 0.139 e. The standard InChI is InChI=1S/C11H12BrFN4/c1-2-10(14)11-6-17(16-15-11)7-3-4-8(12)9(13)5-7/h3-6,10H,2,14H2,1H3. The van der Waals surface area contributed by atoms with Gasteiger partial charge in [-0.3, -0.25) is 0 Å². The van der Waals surface area contributed by atoms with E-state index < -0.39 is 0 Å². The van der Waals surface area contributed by atoms with Crippen LogP contribution in [0.15, 0.2) is 28.9 Å². The van der Waals surface area contributed by atoms with E-state index in [4.69, 9.17) is 5.73 Å². The monoisotopic (exact) mass is 298 g/mol. The minimum absolute atomic E-state index is 0.135. The van der Waals surface area contributed by atoms with Crippen molar-refractivity contribution >= 4 is 15.9 Å². The smallest absolute Gasteiger partial charge is 0.139 e. The average Bonchev–Trinajstić information content (AvgIpc) is 2.81. The molecule has 0 saturated heterocycles. The molecule has 0 aliphatic heterocycles. The fourth-order valence-electron chi connectivity index (χ4n) is 1.41. The largest absolute Gasteiger partial charge is 0.323 e. The molecule has 2 rings (SSSR count). The molecule has 0 bridgehead atoms. The summed E-state index contributed by atoms with van der Waals surface area (Å²) in [5, 5.41) is 7.90. The van der Waals surface area contributed by atoms with Crippen LogP contribution in [0.4, 0.5) is 4.39 Å². The Morgan fingerprint density at radius 3 is 2.94 bits per heavy atom. The molecule has 90 valence electrons. The SMILES string of the molecule is CCC(N)c1cn(-c2ccc(Br)c(F)c2)nn1. The molecule has 0 aliphatic carbocycles. The highest BCUT2D eigenvalue weighted by Gasteiger charge is 2.10. The predicted molar refractivity (Wildman–Crippen MR) is 66.2 cm³/mol. The van der Waals surface area contributed by atoms with Gasteiger partial charge in [-0.25, -0.2) is 9.07 Å². The van der Waals surface area contributed by atoms with Crippen molar-refractivity contribution in [1.29, 1.82) is 0 Å². The van der Waals surface area contributed by atoms with Crippen LogP contribution in [-0.2, 0) is 0 Å². The van der Waals surface area contributed by atoms with Crippen molar-refractivity contribution in [1.82, 2.24) is 15.0 Å². The predicted octanol–water partition coefficient (Wildman–Crippen LogP) is 2.58. The van der Waals surface area contributed by atoms with Crippen molar-refractivity contribution in [2.24, 2.45) is 5.73 Å². The first-order valence-electron chi connectivity index (χ1n) is 5.25. The summed E-state index contributed by atoms with van der Waals surface area (Å²) >= 11 is 3.10. The van der Waals surface area contributed by atoms with Crippen LogP contribution >= 0.6 is 15.9 Å². The van der Waals surface area contributed by atoms with Crippen LogP contribution in [0.1, 0.15) is 25.1 Å². The Labute approximate surface area is 107 Å². The number of rotatable bonds is 3. The molecule has 6 heteroatoms. The van der Waals surface area contributed by atoms with Crippen LogP contribution in [0.25, 0.3) is 5.69 Å². The number of nitrogens with two attached hydrogens (primary N) is 1. The minimum atomic E-state index is -0.334. The van der Waals surface area contributed by atoms with Crippen molar-refractivity contribution in [3.63, 3.8) is 0 Å². The molecule has 0 fully saturated rings. The Morgan fingerprint density at radius 1 is 1.53 bits per heavy atom. The first-order chi connectivity index (χ1) is 8.11. The second-order valence-electron chi connectivity index (χ2n) is 3.70. The molecule has 2 aromatic rings. The second kappa shape index (κ2) is 4.93. The molecule has 4 nitrogen and oxygen atoms in total. The summed E-state index contributed by atoms with van der Waals surface area (Å²) in [6.07, 6.45) is 2.50. The Hall–Kier alpha value is -1.27.